The van der Waals surface area contributed by atoms with E-state index in [1.807, 2.05) is 0 Å². The van der Waals surface area contributed by atoms with Gasteiger partial charge in [-0.3, -0.25) is 4.72 Å². The first kappa shape index (κ1) is 26.8. The maximum atomic E-state index is 12.4. The standard InChI is InChI=1S/C14H12F3NO4S2.C4H11NO2/c1-10-9-12(23(19,20)11-5-3-2-4-6-11)7-8-13(10)18-24(21,22)14(15,16)17;6-3-1-5-2-4-7/h2-9,18H,1H3;5-7H,1-4H2. The molecule has 0 saturated carbocycles. The van der Waals surface area contributed by atoms with Gasteiger partial charge < -0.3 is 15.5 Å². The van der Waals surface area contributed by atoms with Crippen LogP contribution in [0.15, 0.2) is 58.3 Å². The predicted octanol–water partition coefficient (Wildman–Crippen LogP) is 1.65. The summed E-state index contributed by atoms with van der Waals surface area (Å²) in [5, 5.41) is 19.1. The Labute approximate surface area is 178 Å². The second kappa shape index (κ2) is 11.4. The minimum absolute atomic E-state index is 0.0213. The molecular formula is C18H23F3N2O6S2. The second-order valence-corrected chi connectivity index (χ2v) is 9.67. The zero-order valence-corrected chi connectivity index (χ0v) is 18.1. The number of sulfone groups is 1. The van der Waals surface area contributed by atoms with Crippen LogP contribution >= 0.6 is 0 Å². The van der Waals surface area contributed by atoms with Gasteiger partial charge in [0, 0.05) is 13.1 Å². The van der Waals surface area contributed by atoms with Crippen molar-refractivity contribution in [3.05, 3.63) is 54.1 Å². The van der Waals surface area contributed by atoms with Gasteiger partial charge in [0.25, 0.3) is 0 Å². The summed E-state index contributed by atoms with van der Waals surface area (Å²) in [6.45, 7) is 2.72. The van der Waals surface area contributed by atoms with Crippen LogP contribution in [0.1, 0.15) is 5.56 Å². The van der Waals surface area contributed by atoms with E-state index >= 15 is 0 Å². The Morgan fingerprint density at radius 2 is 1.42 bits per heavy atom. The Balaban J connectivity index is 0.000000592. The average Bonchev–Trinajstić information content (AvgIpc) is 2.70. The Hall–Kier alpha value is -2.19. The highest BCUT2D eigenvalue weighted by Gasteiger charge is 2.46. The van der Waals surface area contributed by atoms with Crippen LogP contribution in [-0.4, -0.2) is 58.9 Å². The van der Waals surface area contributed by atoms with E-state index in [0.29, 0.717) is 13.1 Å². The largest absolute Gasteiger partial charge is 0.516 e. The van der Waals surface area contributed by atoms with Crippen LogP contribution in [0.2, 0.25) is 0 Å². The van der Waals surface area contributed by atoms with Crippen LogP contribution in [0.25, 0.3) is 0 Å². The maximum Gasteiger partial charge on any atom is 0.516 e. The maximum absolute atomic E-state index is 12.4. The number of benzene rings is 2. The molecule has 0 fully saturated rings. The molecule has 0 bridgehead atoms. The SMILES string of the molecule is Cc1cc(S(=O)(=O)c2ccccc2)ccc1NS(=O)(=O)C(F)(F)F.OCCNCCO. The molecule has 2 aromatic carbocycles. The third kappa shape index (κ3) is 7.78. The van der Waals surface area contributed by atoms with Crippen molar-refractivity contribution >= 4 is 25.5 Å². The molecule has 0 amide bonds. The smallest absolute Gasteiger partial charge is 0.395 e. The van der Waals surface area contributed by atoms with E-state index < -0.39 is 25.4 Å². The number of aryl methyl sites for hydroxylation is 1. The number of nitrogens with one attached hydrogen (secondary N) is 2. The molecule has 13 heteroatoms. The minimum atomic E-state index is -5.57. The molecule has 2 aromatic rings. The van der Waals surface area contributed by atoms with Gasteiger partial charge in [-0.15, -0.1) is 0 Å². The van der Waals surface area contributed by atoms with Crippen LogP contribution in [0.5, 0.6) is 0 Å². The van der Waals surface area contributed by atoms with Crippen molar-refractivity contribution in [1.29, 1.82) is 0 Å². The summed E-state index contributed by atoms with van der Waals surface area (Å²) in [4.78, 5) is -0.130. The summed E-state index contributed by atoms with van der Waals surface area (Å²) in [7, 11) is -9.42. The number of aliphatic hydroxyl groups excluding tert-OH is 2. The third-order valence-corrected chi connectivity index (χ3v) is 6.55. The number of halogens is 3. The van der Waals surface area contributed by atoms with Crippen molar-refractivity contribution in [3.8, 4) is 0 Å². The fourth-order valence-electron chi connectivity index (χ4n) is 2.14. The van der Waals surface area contributed by atoms with Gasteiger partial charge in [-0.2, -0.15) is 21.6 Å². The Kier molecular flexibility index (Phi) is 9.90. The molecular weight excluding hydrogens is 461 g/mol. The number of anilines is 1. The molecule has 0 atom stereocenters. The molecule has 0 aliphatic heterocycles. The monoisotopic (exact) mass is 484 g/mol. The number of alkyl halides is 3. The van der Waals surface area contributed by atoms with Crippen LogP contribution in [-0.2, 0) is 19.9 Å². The Morgan fingerprint density at radius 3 is 1.87 bits per heavy atom. The highest BCUT2D eigenvalue weighted by atomic mass is 32.2. The Morgan fingerprint density at radius 1 is 0.871 bits per heavy atom. The van der Waals surface area contributed by atoms with Gasteiger partial charge in [0.15, 0.2) is 0 Å². The van der Waals surface area contributed by atoms with E-state index in [-0.39, 0.29) is 34.3 Å². The fourth-order valence-corrected chi connectivity index (χ4v) is 4.14. The quantitative estimate of drug-likeness (QED) is 0.419. The summed E-state index contributed by atoms with van der Waals surface area (Å²) >= 11 is 0. The predicted molar refractivity (Wildman–Crippen MR) is 109 cm³/mol. The van der Waals surface area contributed by atoms with Crippen LogP contribution in [0, 0.1) is 6.92 Å². The first-order valence-electron chi connectivity index (χ1n) is 8.79. The molecule has 0 aliphatic rings. The van der Waals surface area contributed by atoms with Crippen molar-refractivity contribution in [2.75, 3.05) is 31.0 Å². The number of aliphatic hydroxyl groups is 2. The number of hydrogen-bond donors (Lipinski definition) is 4. The van der Waals surface area contributed by atoms with E-state index in [1.54, 1.807) is 6.07 Å². The number of sulfonamides is 1. The molecule has 31 heavy (non-hydrogen) atoms. The molecule has 0 aliphatic carbocycles. The van der Waals surface area contributed by atoms with Crippen molar-refractivity contribution in [3.63, 3.8) is 0 Å². The molecule has 4 N–H and O–H groups in total. The second-order valence-electron chi connectivity index (χ2n) is 6.04. The fraction of sp³-hybridized carbons (Fsp3) is 0.333. The van der Waals surface area contributed by atoms with Crippen molar-refractivity contribution in [2.24, 2.45) is 0 Å². The van der Waals surface area contributed by atoms with E-state index in [9.17, 15) is 30.0 Å². The summed E-state index contributed by atoms with van der Waals surface area (Å²) in [5.41, 5.74) is -5.77. The van der Waals surface area contributed by atoms with Gasteiger partial charge in [0.05, 0.1) is 28.7 Å². The summed E-state index contributed by atoms with van der Waals surface area (Å²) < 4.78 is 85.7. The van der Waals surface area contributed by atoms with Gasteiger partial charge >= 0.3 is 15.5 Å². The van der Waals surface area contributed by atoms with Gasteiger partial charge in [0.2, 0.25) is 9.84 Å². The van der Waals surface area contributed by atoms with Gasteiger partial charge in [-0.05, 0) is 42.8 Å². The van der Waals surface area contributed by atoms with Gasteiger partial charge in [-0.1, -0.05) is 18.2 Å². The van der Waals surface area contributed by atoms with Crippen LogP contribution < -0.4 is 10.0 Å². The zero-order chi connectivity index (χ0) is 23.7. The molecule has 0 aromatic heterocycles. The number of rotatable bonds is 8. The lowest BCUT2D eigenvalue weighted by Gasteiger charge is -2.13. The summed E-state index contributed by atoms with van der Waals surface area (Å²) in [6.07, 6.45) is 0. The van der Waals surface area contributed by atoms with Gasteiger partial charge in [0.1, 0.15) is 0 Å². The average molecular weight is 485 g/mol. The molecule has 8 nitrogen and oxygen atoms in total. The molecule has 174 valence electrons. The molecule has 0 unspecified atom stereocenters. The number of hydrogen-bond acceptors (Lipinski definition) is 7. The van der Waals surface area contributed by atoms with E-state index in [2.05, 4.69) is 5.32 Å². The lowest BCUT2D eigenvalue weighted by atomic mass is 10.2. The van der Waals surface area contributed by atoms with Crippen molar-refractivity contribution in [1.82, 2.24) is 5.32 Å². The highest BCUT2D eigenvalue weighted by molar-refractivity contribution is 7.93. The third-order valence-electron chi connectivity index (χ3n) is 3.69. The van der Waals surface area contributed by atoms with E-state index in [0.717, 1.165) is 18.2 Å². The van der Waals surface area contributed by atoms with Crippen molar-refractivity contribution in [2.45, 2.75) is 22.2 Å². The first-order chi connectivity index (χ1) is 14.4. The lowest BCUT2D eigenvalue weighted by molar-refractivity contribution is -0.0429. The molecule has 0 heterocycles. The minimum Gasteiger partial charge on any atom is -0.395 e. The summed E-state index contributed by atoms with van der Waals surface area (Å²) in [5.74, 6) is 0. The molecule has 2 rings (SSSR count). The zero-order valence-electron chi connectivity index (χ0n) is 16.4. The first-order valence-corrected chi connectivity index (χ1v) is 11.8. The van der Waals surface area contributed by atoms with E-state index in [1.165, 1.54) is 35.9 Å². The van der Waals surface area contributed by atoms with Crippen LogP contribution in [0.3, 0.4) is 0 Å². The van der Waals surface area contributed by atoms with Crippen LogP contribution in [0.4, 0.5) is 18.9 Å². The topological polar surface area (TPSA) is 133 Å². The lowest BCUT2D eigenvalue weighted by Crippen LogP contribution is -2.30. The van der Waals surface area contributed by atoms with E-state index in [4.69, 9.17) is 10.2 Å². The highest BCUT2D eigenvalue weighted by Crippen LogP contribution is 2.29. The summed E-state index contributed by atoms with van der Waals surface area (Å²) in [6, 6.07) is 10.6. The van der Waals surface area contributed by atoms with Crippen molar-refractivity contribution < 1.29 is 40.2 Å². The Bertz CT molecular complexity index is 1040. The normalized spacial score (nSPS) is 12.1. The van der Waals surface area contributed by atoms with Gasteiger partial charge in [-0.25, -0.2) is 8.42 Å². The molecule has 0 saturated heterocycles. The molecule has 0 spiro atoms. The molecule has 0 radical (unpaired) electrons.